The Balaban J connectivity index is 2.12. The van der Waals surface area contributed by atoms with Crippen molar-refractivity contribution in [2.24, 2.45) is 0 Å². The maximum atomic E-state index is 14.2. The van der Waals surface area contributed by atoms with Crippen molar-refractivity contribution in [2.45, 2.75) is 12.8 Å². The van der Waals surface area contributed by atoms with Crippen LogP contribution in [-0.4, -0.2) is 13.7 Å². The Hall–Kier alpha value is -2.03. The topological polar surface area (TPSA) is 21.3 Å². The van der Waals surface area contributed by atoms with E-state index in [1.54, 1.807) is 19.2 Å². The monoisotopic (exact) mass is 257 g/mol. The second-order valence-electron chi connectivity index (χ2n) is 4.72. The Morgan fingerprint density at radius 3 is 2.84 bits per heavy atom. The van der Waals surface area contributed by atoms with Crippen molar-refractivity contribution >= 4 is 5.69 Å². The number of anilines is 1. The number of nitrogens with one attached hydrogen (secondary N) is 1. The SMILES string of the molecule is COc1ccc(-c2cccc3c2NCCC3)c(F)c1. The van der Waals surface area contributed by atoms with Gasteiger partial charge in [-0.2, -0.15) is 0 Å². The fourth-order valence-electron chi connectivity index (χ4n) is 2.58. The van der Waals surface area contributed by atoms with Crippen LogP contribution in [0.3, 0.4) is 0 Å². The first-order valence-corrected chi connectivity index (χ1v) is 6.49. The molecule has 0 bridgehead atoms. The molecule has 1 N–H and O–H groups in total. The smallest absolute Gasteiger partial charge is 0.134 e. The number of hydrogen-bond donors (Lipinski definition) is 1. The van der Waals surface area contributed by atoms with Gasteiger partial charge in [0.05, 0.1) is 7.11 Å². The van der Waals surface area contributed by atoms with E-state index < -0.39 is 0 Å². The fraction of sp³-hybridized carbons (Fsp3) is 0.250. The number of para-hydroxylation sites is 1. The maximum absolute atomic E-state index is 14.2. The molecular weight excluding hydrogens is 241 g/mol. The van der Waals surface area contributed by atoms with Gasteiger partial charge in [-0.15, -0.1) is 0 Å². The van der Waals surface area contributed by atoms with Crippen LogP contribution < -0.4 is 10.1 Å². The minimum absolute atomic E-state index is 0.250. The minimum atomic E-state index is -0.250. The third kappa shape index (κ3) is 2.16. The lowest BCUT2D eigenvalue weighted by Gasteiger charge is -2.21. The molecule has 2 aromatic carbocycles. The Morgan fingerprint density at radius 1 is 1.16 bits per heavy atom. The van der Waals surface area contributed by atoms with Crippen molar-refractivity contribution in [3.63, 3.8) is 0 Å². The molecule has 0 spiro atoms. The van der Waals surface area contributed by atoms with E-state index in [9.17, 15) is 4.39 Å². The number of methoxy groups -OCH3 is 1. The molecule has 0 saturated carbocycles. The molecule has 1 aliphatic heterocycles. The first-order chi connectivity index (χ1) is 9.29. The quantitative estimate of drug-likeness (QED) is 0.882. The first-order valence-electron chi connectivity index (χ1n) is 6.49. The van der Waals surface area contributed by atoms with E-state index in [4.69, 9.17) is 4.74 Å². The highest BCUT2D eigenvalue weighted by Crippen LogP contribution is 2.36. The highest BCUT2D eigenvalue weighted by Gasteiger charge is 2.16. The summed E-state index contributed by atoms with van der Waals surface area (Å²) in [7, 11) is 1.54. The van der Waals surface area contributed by atoms with Crippen LogP contribution in [0.2, 0.25) is 0 Å². The summed E-state index contributed by atoms with van der Waals surface area (Å²) in [6.45, 7) is 0.946. The molecular formula is C16H16FNO. The molecule has 0 fully saturated rings. The van der Waals surface area contributed by atoms with Gasteiger partial charge in [-0.1, -0.05) is 18.2 Å². The molecule has 0 unspecified atom stereocenters. The fourth-order valence-corrected chi connectivity index (χ4v) is 2.58. The number of ether oxygens (including phenoxy) is 1. The normalized spacial score (nSPS) is 13.6. The van der Waals surface area contributed by atoms with E-state index in [1.165, 1.54) is 11.6 Å². The molecule has 0 saturated heterocycles. The van der Waals surface area contributed by atoms with Gasteiger partial charge in [0.2, 0.25) is 0 Å². The molecule has 98 valence electrons. The van der Waals surface area contributed by atoms with Gasteiger partial charge in [0.15, 0.2) is 0 Å². The van der Waals surface area contributed by atoms with Crippen molar-refractivity contribution in [3.05, 3.63) is 47.8 Å². The Labute approximate surface area is 112 Å². The lowest BCUT2D eigenvalue weighted by molar-refractivity contribution is 0.411. The van der Waals surface area contributed by atoms with Gasteiger partial charge >= 0.3 is 0 Å². The standard InChI is InChI=1S/C16H16FNO/c1-19-12-7-8-13(15(17)10-12)14-6-2-4-11-5-3-9-18-16(11)14/h2,4,6-8,10,18H,3,5,9H2,1H3. The number of hydrogen-bond acceptors (Lipinski definition) is 2. The van der Waals surface area contributed by atoms with Crippen LogP contribution in [0, 0.1) is 5.82 Å². The molecule has 0 radical (unpaired) electrons. The van der Waals surface area contributed by atoms with Gasteiger partial charge in [0.1, 0.15) is 11.6 Å². The third-order valence-electron chi connectivity index (χ3n) is 3.54. The molecule has 2 nitrogen and oxygen atoms in total. The minimum Gasteiger partial charge on any atom is -0.497 e. The molecule has 0 aliphatic carbocycles. The second kappa shape index (κ2) is 4.92. The predicted molar refractivity (Wildman–Crippen MR) is 75.2 cm³/mol. The van der Waals surface area contributed by atoms with Gasteiger partial charge in [-0.3, -0.25) is 0 Å². The maximum Gasteiger partial charge on any atom is 0.134 e. The van der Waals surface area contributed by atoms with Crippen LogP contribution in [0.4, 0.5) is 10.1 Å². The lowest BCUT2D eigenvalue weighted by atomic mass is 9.95. The molecule has 19 heavy (non-hydrogen) atoms. The summed E-state index contributed by atoms with van der Waals surface area (Å²) in [5, 5.41) is 3.39. The van der Waals surface area contributed by atoms with E-state index in [2.05, 4.69) is 11.4 Å². The van der Waals surface area contributed by atoms with Crippen LogP contribution in [0.15, 0.2) is 36.4 Å². The highest BCUT2D eigenvalue weighted by molar-refractivity contribution is 5.81. The summed E-state index contributed by atoms with van der Waals surface area (Å²) in [5.74, 6) is 0.291. The van der Waals surface area contributed by atoms with E-state index in [0.29, 0.717) is 11.3 Å². The van der Waals surface area contributed by atoms with E-state index in [-0.39, 0.29) is 5.82 Å². The summed E-state index contributed by atoms with van der Waals surface area (Å²) < 4.78 is 19.2. The van der Waals surface area contributed by atoms with Gasteiger partial charge in [0, 0.05) is 29.4 Å². The summed E-state index contributed by atoms with van der Waals surface area (Å²) in [6, 6.07) is 11.1. The zero-order chi connectivity index (χ0) is 13.2. The van der Waals surface area contributed by atoms with Crippen molar-refractivity contribution in [2.75, 3.05) is 19.0 Å². The molecule has 3 rings (SSSR count). The summed E-state index contributed by atoms with van der Waals surface area (Å²) >= 11 is 0. The summed E-state index contributed by atoms with van der Waals surface area (Å²) in [5.41, 5.74) is 3.88. The number of benzene rings is 2. The summed E-state index contributed by atoms with van der Waals surface area (Å²) in [6.07, 6.45) is 2.18. The zero-order valence-electron chi connectivity index (χ0n) is 10.9. The van der Waals surface area contributed by atoms with Gasteiger partial charge in [-0.05, 0) is 30.5 Å². The van der Waals surface area contributed by atoms with Crippen LogP contribution >= 0.6 is 0 Å². The van der Waals surface area contributed by atoms with Crippen molar-refractivity contribution in [1.29, 1.82) is 0 Å². The third-order valence-corrected chi connectivity index (χ3v) is 3.54. The van der Waals surface area contributed by atoms with Gasteiger partial charge < -0.3 is 10.1 Å². The lowest BCUT2D eigenvalue weighted by Crippen LogP contribution is -2.12. The largest absolute Gasteiger partial charge is 0.497 e. The average Bonchev–Trinajstić information content (AvgIpc) is 2.46. The molecule has 0 aromatic heterocycles. The number of halogens is 1. The van der Waals surface area contributed by atoms with Crippen molar-refractivity contribution in [1.82, 2.24) is 0 Å². The molecule has 0 amide bonds. The zero-order valence-corrected chi connectivity index (χ0v) is 10.9. The molecule has 2 aromatic rings. The van der Waals surface area contributed by atoms with Crippen LogP contribution in [-0.2, 0) is 6.42 Å². The number of rotatable bonds is 2. The number of fused-ring (bicyclic) bond motifs is 1. The van der Waals surface area contributed by atoms with Crippen molar-refractivity contribution < 1.29 is 9.13 Å². The molecule has 3 heteroatoms. The van der Waals surface area contributed by atoms with E-state index >= 15 is 0 Å². The van der Waals surface area contributed by atoms with E-state index in [0.717, 1.165) is 30.6 Å². The average molecular weight is 257 g/mol. The van der Waals surface area contributed by atoms with Crippen LogP contribution in [0.5, 0.6) is 5.75 Å². The first kappa shape index (κ1) is 12.0. The van der Waals surface area contributed by atoms with Gasteiger partial charge in [0.25, 0.3) is 0 Å². The van der Waals surface area contributed by atoms with Crippen molar-refractivity contribution in [3.8, 4) is 16.9 Å². The van der Waals surface area contributed by atoms with Crippen LogP contribution in [0.1, 0.15) is 12.0 Å². The Kier molecular flexibility index (Phi) is 3.11. The van der Waals surface area contributed by atoms with Gasteiger partial charge in [-0.25, -0.2) is 4.39 Å². The molecule has 1 aliphatic rings. The highest BCUT2D eigenvalue weighted by atomic mass is 19.1. The molecule has 0 atom stereocenters. The van der Waals surface area contributed by atoms with Crippen LogP contribution in [0.25, 0.3) is 11.1 Å². The Morgan fingerprint density at radius 2 is 2.05 bits per heavy atom. The number of aryl methyl sites for hydroxylation is 1. The summed E-state index contributed by atoms with van der Waals surface area (Å²) in [4.78, 5) is 0. The second-order valence-corrected chi connectivity index (χ2v) is 4.72. The predicted octanol–water partition coefficient (Wildman–Crippen LogP) is 3.86. The Bertz CT molecular complexity index is 610. The van der Waals surface area contributed by atoms with E-state index in [1.807, 2.05) is 12.1 Å². The molecule has 1 heterocycles.